The van der Waals surface area contributed by atoms with Gasteiger partial charge in [-0.2, -0.15) is 0 Å². The van der Waals surface area contributed by atoms with Crippen LogP contribution in [0.25, 0.3) is 0 Å². The Hall–Kier alpha value is -3.80. The van der Waals surface area contributed by atoms with E-state index in [4.69, 9.17) is 18.9 Å². The van der Waals surface area contributed by atoms with Crippen molar-refractivity contribution in [1.29, 1.82) is 0 Å². The zero-order valence-corrected chi connectivity index (χ0v) is 19.6. The minimum absolute atomic E-state index is 0.0987. The van der Waals surface area contributed by atoms with Gasteiger partial charge in [-0.3, -0.25) is 9.59 Å². The van der Waals surface area contributed by atoms with Crippen LogP contribution in [-0.2, 0) is 38.3 Å². The Bertz CT molecular complexity index is 992. The average Bonchev–Trinajstić information content (AvgIpc) is 2.88. The second-order valence-corrected chi connectivity index (χ2v) is 7.74. The van der Waals surface area contributed by atoms with Crippen molar-refractivity contribution in [3.8, 4) is 11.5 Å². The predicted molar refractivity (Wildman–Crippen MR) is 129 cm³/mol. The van der Waals surface area contributed by atoms with Crippen molar-refractivity contribution in [2.24, 2.45) is 5.92 Å². The summed E-state index contributed by atoms with van der Waals surface area (Å²) in [6.07, 6.45) is 1.23. The van der Waals surface area contributed by atoms with Gasteiger partial charge < -0.3 is 18.9 Å². The second kappa shape index (κ2) is 13.0. The van der Waals surface area contributed by atoms with Gasteiger partial charge in [0.1, 0.15) is 11.5 Å². The molecule has 0 saturated carbocycles. The third-order valence-electron chi connectivity index (χ3n) is 5.44. The number of methoxy groups -OCH3 is 2. The first-order valence-electron chi connectivity index (χ1n) is 11.2. The lowest BCUT2D eigenvalue weighted by atomic mass is 9.98. The largest absolute Gasteiger partial charge is 0.497 e. The van der Waals surface area contributed by atoms with Crippen LogP contribution in [-0.4, -0.2) is 39.4 Å². The van der Waals surface area contributed by atoms with Crippen molar-refractivity contribution in [3.05, 3.63) is 95.6 Å². The van der Waals surface area contributed by atoms with E-state index in [1.165, 1.54) is 7.11 Å². The molecule has 34 heavy (non-hydrogen) atoms. The van der Waals surface area contributed by atoms with Crippen LogP contribution in [0.15, 0.2) is 78.9 Å². The van der Waals surface area contributed by atoms with Crippen LogP contribution in [0.1, 0.15) is 16.7 Å². The van der Waals surface area contributed by atoms with E-state index in [9.17, 15) is 9.59 Å². The van der Waals surface area contributed by atoms with Crippen molar-refractivity contribution in [2.75, 3.05) is 27.4 Å². The standard InChI is InChI=1S/C28H30O6/c1-31-24-14-13-23(26(20-24)32-2)19-25(27(29)33-17-15-21-9-5-3-6-10-21)28(30)34-18-16-22-11-7-4-8-12-22/h3-14,20,25H,15-19H2,1-2H3. The van der Waals surface area contributed by atoms with Crippen LogP contribution in [0.5, 0.6) is 11.5 Å². The van der Waals surface area contributed by atoms with Gasteiger partial charge in [-0.05, 0) is 29.2 Å². The summed E-state index contributed by atoms with van der Waals surface area (Å²) in [5.74, 6) is -1.18. The third-order valence-corrected chi connectivity index (χ3v) is 5.44. The van der Waals surface area contributed by atoms with Gasteiger partial charge in [-0.1, -0.05) is 66.7 Å². The highest BCUT2D eigenvalue weighted by Crippen LogP contribution is 2.27. The Morgan fingerprint density at radius 2 is 1.24 bits per heavy atom. The molecule has 0 radical (unpaired) electrons. The molecule has 0 saturated heterocycles. The van der Waals surface area contributed by atoms with Gasteiger partial charge in [-0.25, -0.2) is 0 Å². The van der Waals surface area contributed by atoms with Crippen LogP contribution < -0.4 is 9.47 Å². The number of carbonyl (C=O) groups is 2. The fraction of sp³-hybridized carbons (Fsp3) is 0.286. The van der Waals surface area contributed by atoms with Gasteiger partial charge in [0.15, 0.2) is 5.92 Å². The predicted octanol–water partition coefficient (Wildman–Crippen LogP) is 4.43. The molecule has 3 aromatic carbocycles. The van der Waals surface area contributed by atoms with E-state index in [1.807, 2.05) is 60.7 Å². The van der Waals surface area contributed by atoms with Crippen molar-refractivity contribution in [3.63, 3.8) is 0 Å². The fourth-order valence-electron chi connectivity index (χ4n) is 3.53. The number of hydrogen-bond donors (Lipinski definition) is 0. The first-order valence-corrected chi connectivity index (χ1v) is 11.2. The highest BCUT2D eigenvalue weighted by molar-refractivity contribution is 5.95. The SMILES string of the molecule is COc1ccc(CC(C(=O)OCCc2ccccc2)C(=O)OCCc2ccccc2)c(OC)c1. The molecule has 0 aliphatic carbocycles. The summed E-state index contributed by atoms with van der Waals surface area (Å²) in [4.78, 5) is 25.9. The molecule has 0 fully saturated rings. The van der Waals surface area contributed by atoms with Crippen LogP contribution in [0, 0.1) is 5.92 Å². The summed E-state index contributed by atoms with van der Waals surface area (Å²) in [6, 6.07) is 24.7. The number of hydrogen-bond acceptors (Lipinski definition) is 6. The highest BCUT2D eigenvalue weighted by atomic mass is 16.6. The van der Waals surface area contributed by atoms with E-state index < -0.39 is 17.9 Å². The fourth-order valence-corrected chi connectivity index (χ4v) is 3.53. The van der Waals surface area contributed by atoms with Crippen LogP contribution in [0.4, 0.5) is 0 Å². The molecule has 0 spiro atoms. The summed E-state index contributed by atoms with van der Waals surface area (Å²) in [6.45, 7) is 0.354. The molecule has 0 aliphatic heterocycles. The minimum atomic E-state index is -1.10. The number of ether oxygens (including phenoxy) is 4. The first-order chi connectivity index (χ1) is 16.6. The van der Waals surface area contributed by atoms with E-state index >= 15 is 0 Å². The summed E-state index contributed by atoms with van der Waals surface area (Å²) >= 11 is 0. The lowest BCUT2D eigenvalue weighted by molar-refractivity contribution is -0.162. The Morgan fingerprint density at radius 3 is 1.71 bits per heavy atom. The Balaban J connectivity index is 1.67. The molecule has 0 unspecified atom stereocenters. The van der Waals surface area contributed by atoms with E-state index in [1.54, 1.807) is 25.3 Å². The lowest BCUT2D eigenvalue weighted by Gasteiger charge is -2.17. The molecule has 178 valence electrons. The maximum Gasteiger partial charge on any atom is 0.320 e. The Labute approximate surface area is 200 Å². The molecule has 6 heteroatoms. The van der Waals surface area contributed by atoms with Gasteiger partial charge in [0, 0.05) is 18.9 Å². The maximum absolute atomic E-state index is 12.9. The van der Waals surface area contributed by atoms with Gasteiger partial charge in [-0.15, -0.1) is 0 Å². The average molecular weight is 463 g/mol. The number of benzene rings is 3. The van der Waals surface area contributed by atoms with E-state index in [0.717, 1.165) is 11.1 Å². The molecule has 0 aliphatic rings. The van der Waals surface area contributed by atoms with Crippen molar-refractivity contribution in [2.45, 2.75) is 19.3 Å². The summed E-state index contributed by atoms with van der Waals surface area (Å²) in [7, 11) is 3.09. The molecule has 3 aromatic rings. The molecule has 0 N–H and O–H groups in total. The van der Waals surface area contributed by atoms with Crippen LogP contribution >= 0.6 is 0 Å². The Morgan fingerprint density at radius 1 is 0.706 bits per heavy atom. The maximum atomic E-state index is 12.9. The normalized spacial score (nSPS) is 10.6. The van der Waals surface area contributed by atoms with E-state index in [2.05, 4.69) is 0 Å². The summed E-state index contributed by atoms with van der Waals surface area (Å²) in [5, 5.41) is 0. The van der Waals surface area contributed by atoms with Crippen molar-refractivity contribution < 1.29 is 28.5 Å². The second-order valence-electron chi connectivity index (χ2n) is 7.74. The highest BCUT2D eigenvalue weighted by Gasteiger charge is 2.31. The monoisotopic (exact) mass is 462 g/mol. The topological polar surface area (TPSA) is 71.1 Å². The van der Waals surface area contributed by atoms with Gasteiger partial charge >= 0.3 is 11.9 Å². The molecule has 0 atom stereocenters. The van der Waals surface area contributed by atoms with Crippen molar-refractivity contribution in [1.82, 2.24) is 0 Å². The molecular weight excluding hydrogens is 432 g/mol. The van der Waals surface area contributed by atoms with Crippen LogP contribution in [0.2, 0.25) is 0 Å². The third kappa shape index (κ3) is 7.37. The molecule has 0 bridgehead atoms. The molecule has 0 aromatic heterocycles. The zero-order chi connectivity index (χ0) is 24.2. The Kier molecular flexibility index (Phi) is 9.52. The molecule has 0 heterocycles. The number of carbonyl (C=O) groups excluding carboxylic acids is 2. The number of esters is 2. The smallest absolute Gasteiger partial charge is 0.320 e. The molecule has 3 rings (SSSR count). The van der Waals surface area contributed by atoms with E-state index in [0.29, 0.717) is 29.9 Å². The lowest BCUT2D eigenvalue weighted by Crippen LogP contribution is -2.31. The zero-order valence-electron chi connectivity index (χ0n) is 19.6. The van der Waals surface area contributed by atoms with Gasteiger partial charge in [0.05, 0.1) is 27.4 Å². The van der Waals surface area contributed by atoms with Crippen molar-refractivity contribution >= 4 is 11.9 Å². The van der Waals surface area contributed by atoms with Crippen LogP contribution in [0.3, 0.4) is 0 Å². The van der Waals surface area contributed by atoms with Gasteiger partial charge in [0.2, 0.25) is 0 Å². The minimum Gasteiger partial charge on any atom is -0.497 e. The van der Waals surface area contributed by atoms with Gasteiger partial charge in [0.25, 0.3) is 0 Å². The summed E-state index contributed by atoms with van der Waals surface area (Å²) < 4.78 is 21.6. The number of rotatable bonds is 12. The van der Waals surface area contributed by atoms with E-state index in [-0.39, 0.29) is 19.6 Å². The molecular formula is C28H30O6. The quantitative estimate of drug-likeness (QED) is 0.293. The molecule has 0 amide bonds. The summed E-state index contributed by atoms with van der Waals surface area (Å²) in [5.41, 5.74) is 2.79. The first kappa shape index (κ1) is 24.8. The molecule has 6 nitrogen and oxygen atoms in total.